The maximum atomic E-state index is 13.0. The number of carbonyl (C=O) groups is 1. The van der Waals surface area contributed by atoms with E-state index in [9.17, 15) is 9.59 Å². The lowest BCUT2D eigenvalue weighted by Crippen LogP contribution is -2.30. The smallest absolute Gasteiger partial charge is 0.265 e. The second-order valence-electron chi connectivity index (χ2n) is 7.63. The summed E-state index contributed by atoms with van der Waals surface area (Å²) >= 11 is 0. The number of pyridine rings is 1. The van der Waals surface area contributed by atoms with Gasteiger partial charge in [-0.25, -0.2) is 4.98 Å². The quantitative estimate of drug-likeness (QED) is 0.397. The van der Waals surface area contributed by atoms with Crippen LogP contribution in [0.1, 0.15) is 56.0 Å². The zero-order valence-electron chi connectivity index (χ0n) is 18.6. The fourth-order valence-electron chi connectivity index (χ4n) is 3.46. The molecule has 0 unspecified atom stereocenters. The highest BCUT2D eigenvalue weighted by molar-refractivity contribution is 5.94. The monoisotopic (exact) mass is 466 g/mol. The van der Waals surface area contributed by atoms with E-state index in [4.69, 9.17) is 0 Å². The third-order valence-corrected chi connectivity index (χ3v) is 5.39. The summed E-state index contributed by atoms with van der Waals surface area (Å²) in [7, 11) is 0. The zero-order valence-corrected chi connectivity index (χ0v) is 20.2. The lowest BCUT2D eigenvalue weighted by atomic mass is 10.0. The summed E-state index contributed by atoms with van der Waals surface area (Å²) in [6.07, 6.45) is 2.48. The number of amides is 1. The van der Waals surface area contributed by atoms with Crippen molar-refractivity contribution in [2.24, 2.45) is 0 Å². The van der Waals surface area contributed by atoms with E-state index in [0.29, 0.717) is 34.6 Å². The van der Waals surface area contributed by atoms with Gasteiger partial charge in [0.05, 0.1) is 16.5 Å². The maximum Gasteiger partial charge on any atom is 0.265 e. The number of halogens is 2. The van der Waals surface area contributed by atoms with E-state index < -0.39 is 0 Å². The van der Waals surface area contributed by atoms with E-state index in [-0.39, 0.29) is 36.3 Å². The van der Waals surface area contributed by atoms with Crippen LogP contribution in [0.25, 0.3) is 16.6 Å². The molecule has 0 spiro atoms. The molecule has 170 valence electrons. The molecule has 0 aliphatic rings. The molecule has 6 nitrogen and oxygen atoms in total. The van der Waals surface area contributed by atoms with E-state index in [0.717, 1.165) is 31.6 Å². The number of aromatic nitrogens is 2. The number of hydrogen-bond donors (Lipinski definition) is 1. The molecule has 0 aliphatic carbocycles. The molecular formula is C23H32Cl2N4O2. The van der Waals surface area contributed by atoms with E-state index >= 15 is 0 Å². The Morgan fingerprint density at radius 2 is 1.84 bits per heavy atom. The summed E-state index contributed by atoms with van der Waals surface area (Å²) < 4.78 is 1.47. The Morgan fingerprint density at radius 1 is 1.13 bits per heavy atom. The second kappa shape index (κ2) is 12.0. The van der Waals surface area contributed by atoms with Crippen LogP contribution in [-0.4, -0.2) is 46.4 Å². The lowest BCUT2D eigenvalue weighted by molar-refractivity contribution is 0.0951. The predicted octanol–water partition coefficient (Wildman–Crippen LogP) is 4.28. The summed E-state index contributed by atoms with van der Waals surface area (Å²) in [6.45, 7) is 12.0. The Kier molecular flexibility index (Phi) is 10.4. The third-order valence-electron chi connectivity index (χ3n) is 5.39. The van der Waals surface area contributed by atoms with Crippen LogP contribution in [0.2, 0.25) is 0 Å². The number of nitrogens with one attached hydrogen (secondary N) is 1. The van der Waals surface area contributed by atoms with E-state index in [1.165, 1.54) is 4.40 Å². The number of nitrogens with zero attached hydrogens (tertiary/aromatic N) is 3. The Hall–Kier alpha value is -2.15. The molecule has 0 aliphatic heterocycles. The minimum atomic E-state index is -0.172. The normalized spacial score (nSPS) is 10.9. The summed E-state index contributed by atoms with van der Waals surface area (Å²) in [6, 6.07) is 9.25. The van der Waals surface area contributed by atoms with Crippen LogP contribution >= 0.6 is 24.8 Å². The van der Waals surface area contributed by atoms with Gasteiger partial charge in [-0.05, 0) is 61.8 Å². The second-order valence-corrected chi connectivity index (χ2v) is 7.63. The SMILES string of the molecule is CCN(CC)CCCNC(=O)c1ccc2nc3ccc(C(C)C)cc3c(=O)n2c1.Cl.Cl. The highest BCUT2D eigenvalue weighted by Crippen LogP contribution is 2.19. The van der Waals surface area contributed by atoms with Crippen LogP contribution in [0.5, 0.6) is 0 Å². The average Bonchev–Trinajstić information content (AvgIpc) is 2.73. The average molecular weight is 467 g/mol. The molecule has 0 saturated carbocycles. The van der Waals surface area contributed by atoms with Gasteiger partial charge in [0.25, 0.3) is 11.5 Å². The molecular weight excluding hydrogens is 435 g/mol. The number of rotatable bonds is 8. The molecule has 3 aromatic rings. The minimum absolute atomic E-state index is 0. The lowest BCUT2D eigenvalue weighted by Gasteiger charge is -2.17. The van der Waals surface area contributed by atoms with Crippen LogP contribution in [0.15, 0.2) is 41.3 Å². The Labute approximate surface area is 195 Å². The van der Waals surface area contributed by atoms with Crippen molar-refractivity contribution >= 4 is 47.3 Å². The molecule has 1 aromatic carbocycles. The van der Waals surface area contributed by atoms with E-state index in [2.05, 4.69) is 42.9 Å². The van der Waals surface area contributed by atoms with Crippen LogP contribution in [0.4, 0.5) is 0 Å². The predicted molar refractivity (Wildman–Crippen MR) is 132 cm³/mol. The van der Waals surface area contributed by atoms with Crippen molar-refractivity contribution in [1.82, 2.24) is 19.6 Å². The first-order chi connectivity index (χ1) is 13.9. The first kappa shape index (κ1) is 26.9. The van der Waals surface area contributed by atoms with Crippen LogP contribution in [0.3, 0.4) is 0 Å². The Bertz CT molecular complexity index is 1080. The van der Waals surface area contributed by atoms with Gasteiger partial charge in [-0.2, -0.15) is 0 Å². The maximum absolute atomic E-state index is 13.0. The fourth-order valence-corrected chi connectivity index (χ4v) is 3.46. The molecule has 0 radical (unpaired) electrons. The van der Waals surface area contributed by atoms with Crippen LogP contribution in [0, 0.1) is 0 Å². The molecule has 1 N–H and O–H groups in total. The zero-order chi connectivity index (χ0) is 21.0. The van der Waals surface area contributed by atoms with Gasteiger partial charge in [0.1, 0.15) is 5.65 Å². The number of benzene rings is 1. The van der Waals surface area contributed by atoms with E-state index in [1.54, 1.807) is 18.3 Å². The topological polar surface area (TPSA) is 66.7 Å². The highest BCUT2D eigenvalue weighted by Gasteiger charge is 2.11. The minimum Gasteiger partial charge on any atom is -0.352 e. The molecule has 2 heterocycles. The van der Waals surface area contributed by atoms with Crippen molar-refractivity contribution in [3.8, 4) is 0 Å². The van der Waals surface area contributed by atoms with Gasteiger partial charge < -0.3 is 10.2 Å². The fraction of sp³-hybridized carbons (Fsp3) is 0.435. The summed E-state index contributed by atoms with van der Waals surface area (Å²) in [5.41, 5.74) is 2.62. The first-order valence-electron chi connectivity index (χ1n) is 10.4. The summed E-state index contributed by atoms with van der Waals surface area (Å²) in [5, 5.41) is 3.52. The van der Waals surface area contributed by atoms with Gasteiger partial charge in [-0.1, -0.05) is 33.8 Å². The van der Waals surface area contributed by atoms with Crippen molar-refractivity contribution in [3.05, 3.63) is 58.0 Å². The number of fused-ring (bicyclic) bond motifs is 2. The Balaban J connectivity index is 0.00000240. The third kappa shape index (κ3) is 6.19. The molecule has 8 heteroatoms. The highest BCUT2D eigenvalue weighted by atomic mass is 35.5. The van der Waals surface area contributed by atoms with Gasteiger partial charge in [0.2, 0.25) is 0 Å². The van der Waals surface area contributed by atoms with Gasteiger partial charge >= 0.3 is 0 Å². The summed E-state index contributed by atoms with van der Waals surface area (Å²) in [4.78, 5) is 32.5. The first-order valence-corrected chi connectivity index (χ1v) is 10.4. The van der Waals surface area contributed by atoms with Crippen molar-refractivity contribution in [2.45, 2.75) is 40.0 Å². The van der Waals surface area contributed by atoms with Gasteiger partial charge in [0, 0.05) is 12.7 Å². The largest absolute Gasteiger partial charge is 0.352 e. The van der Waals surface area contributed by atoms with E-state index in [1.807, 2.05) is 18.2 Å². The Morgan fingerprint density at radius 3 is 2.48 bits per heavy atom. The van der Waals surface area contributed by atoms with Gasteiger partial charge in [-0.15, -0.1) is 24.8 Å². The van der Waals surface area contributed by atoms with Crippen molar-refractivity contribution in [1.29, 1.82) is 0 Å². The van der Waals surface area contributed by atoms with Crippen molar-refractivity contribution < 1.29 is 4.79 Å². The van der Waals surface area contributed by atoms with Crippen molar-refractivity contribution in [2.75, 3.05) is 26.2 Å². The molecule has 3 rings (SSSR count). The van der Waals surface area contributed by atoms with Gasteiger partial charge in [0.15, 0.2) is 0 Å². The standard InChI is InChI=1S/C23H30N4O2.2ClH/c1-5-26(6-2)13-7-12-24-22(28)18-9-11-21-25-20-10-8-17(16(3)4)14-19(20)23(29)27(21)15-18;;/h8-11,14-16H,5-7,12-13H2,1-4H3,(H,24,28);2*1H. The molecule has 31 heavy (non-hydrogen) atoms. The molecule has 0 saturated heterocycles. The molecule has 0 bridgehead atoms. The number of hydrogen-bond acceptors (Lipinski definition) is 4. The van der Waals surface area contributed by atoms with Gasteiger partial charge in [-0.3, -0.25) is 14.0 Å². The molecule has 2 aromatic heterocycles. The van der Waals surface area contributed by atoms with Crippen molar-refractivity contribution in [3.63, 3.8) is 0 Å². The number of carbonyl (C=O) groups excluding carboxylic acids is 1. The van der Waals surface area contributed by atoms with Crippen LogP contribution < -0.4 is 10.9 Å². The molecule has 0 atom stereocenters. The molecule has 1 amide bonds. The van der Waals surface area contributed by atoms with Crippen LogP contribution in [-0.2, 0) is 0 Å². The molecule has 0 fully saturated rings. The summed E-state index contributed by atoms with van der Waals surface area (Å²) in [5.74, 6) is 0.155.